The Labute approximate surface area is 161 Å². The first kappa shape index (κ1) is 19.2. The van der Waals surface area contributed by atoms with Crippen LogP contribution in [0.3, 0.4) is 0 Å². The number of nitrogens with zero attached hydrogens (tertiary/aromatic N) is 2. The maximum atomic E-state index is 12.8. The molecule has 0 fully saturated rings. The smallest absolute Gasteiger partial charge is 0.268 e. The van der Waals surface area contributed by atoms with E-state index in [-0.39, 0.29) is 4.90 Å². The van der Waals surface area contributed by atoms with Crippen molar-refractivity contribution in [2.24, 2.45) is 0 Å². The van der Waals surface area contributed by atoms with Gasteiger partial charge in [0.1, 0.15) is 0 Å². The molecule has 0 unspecified atom stereocenters. The molecule has 0 aliphatic heterocycles. The van der Waals surface area contributed by atoms with Crippen LogP contribution in [0.4, 0.5) is 0 Å². The van der Waals surface area contributed by atoms with E-state index in [2.05, 4.69) is 0 Å². The van der Waals surface area contributed by atoms with Crippen molar-refractivity contribution in [3.05, 3.63) is 82.0 Å². The summed E-state index contributed by atoms with van der Waals surface area (Å²) in [6, 6.07) is 11.5. The minimum absolute atomic E-state index is 0.00223. The number of carbonyl (C=O) groups excluding carboxylic acids is 1. The maximum Gasteiger partial charge on any atom is 0.349 e. The van der Waals surface area contributed by atoms with E-state index >= 15 is 0 Å². The maximum absolute atomic E-state index is 12.8. The molecule has 8 heteroatoms. The standard InChI is InChI=1S/C19H18N2O4S2/c1-13-8-9-15(12-14(13)2)27(24,25)21-11-10-20(19(21)23)18(22)16-6-4-5-7-17(16)26-3/h4-12H,1-3H3. The van der Waals surface area contributed by atoms with E-state index in [1.54, 1.807) is 37.3 Å². The SMILES string of the molecule is CSc1ccccc1C(=O)n1ccn(S(=O)(=O)c2ccc(C)c(C)c2)c1=O. The van der Waals surface area contributed by atoms with Crippen molar-refractivity contribution in [2.75, 3.05) is 6.26 Å². The van der Waals surface area contributed by atoms with Gasteiger partial charge in [0.15, 0.2) is 0 Å². The highest BCUT2D eigenvalue weighted by Gasteiger charge is 2.24. The van der Waals surface area contributed by atoms with Crippen LogP contribution in [0.1, 0.15) is 21.5 Å². The van der Waals surface area contributed by atoms with Crippen molar-refractivity contribution < 1.29 is 13.2 Å². The van der Waals surface area contributed by atoms with Crippen LogP contribution >= 0.6 is 11.8 Å². The molecular formula is C19H18N2O4S2. The summed E-state index contributed by atoms with van der Waals surface area (Å²) in [5.41, 5.74) is 1.17. The number of thioether (sulfide) groups is 1. The Bertz CT molecular complexity index is 1190. The van der Waals surface area contributed by atoms with E-state index in [1.165, 1.54) is 30.1 Å². The van der Waals surface area contributed by atoms with Gasteiger partial charge >= 0.3 is 5.69 Å². The molecule has 3 aromatic rings. The third-order valence-electron chi connectivity index (χ3n) is 4.34. The van der Waals surface area contributed by atoms with Gasteiger partial charge in [0.05, 0.1) is 10.5 Å². The van der Waals surface area contributed by atoms with Gasteiger partial charge in [-0.3, -0.25) is 4.79 Å². The molecule has 0 saturated heterocycles. The minimum Gasteiger partial charge on any atom is -0.268 e. The van der Waals surface area contributed by atoms with Gasteiger partial charge in [-0.1, -0.05) is 18.2 Å². The number of benzene rings is 2. The molecule has 27 heavy (non-hydrogen) atoms. The van der Waals surface area contributed by atoms with E-state index in [0.29, 0.717) is 14.4 Å². The molecule has 3 rings (SSSR count). The van der Waals surface area contributed by atoms with E-state index in [0.717, 1.165) is 21.9 Å². The van der Waals surface area contributed by atoms with E-state index < -0.39 is 21.6 Å². The lowest BCUT2D eigenvalue weighted by atomic mass is 10.1. The topological polar surface area (TPSA) is 78.1 Å². The monoisotopic (exact) mass is 402 g/mol. The van der Waals surface area contributed by atoms with E-state index in [4.69, 9.17) is 0 Å². The summed E-state index contributed by atoms with van der Waals surface area (Å²) in [5, 5.41) is 0. The quantitative estimate of drug-likeness (QED) is 0.627. The van der Waals surface area contributed by atoms with Gasteiger partial charge in [0, 0.05) is 17.3 Å². The lowest BCUT2D eigenvalue weighted by Crippen LogP contribution is -2.32. The second kappa shape index (κ2) is 7.21. The van der Waals surface area contributed by atoms with Crippen molar-refractivity contribution in [2.45, 2.75) is 23.6 Å². The largest absolute Gasteiger partial charge is 0.349 e. The number of hydrogen-bond acceptors (Lipinski definition) is 5. The second-order valence-electron chi connectivity index (χ2n) is 6.00. The average molecular weight is 402 g/mol. The fourth-order valence-corrected chi connectivity index (χ4v) is 4.53. The van der Waals surface area contributed by atoms with Gasteiger partial charge in [-0.2, -0.15) is 3.97 Å². The van der Waals surface area contributed by atoms with Crippen molar-refractivity contribution >= 4 is 27.7 Å². The van der Waals surface area contributed by atoms with Crippen molar-refractivity contribution in [1.82, 2.24) is 8.54 Å². The highest BCUT2D eigenvalue weighted by Crippen LogP contribution is 2.21. The van der Waals surface area contributed by atoms with Crippen LogP contribution in [-0.2, 0) is 10.0 Å². The third-order valence-corrected chi connectivity index (χ3v) is 6.78. The van der Waals surface area contributed by atoms with Crippen LogP contribution < -0.4 is 5.69 Å². The second-order valence-corrected chi connectivity index (χ2v) is 8.67. The summed E-state index contributed by atoms with van der Waals surface area (Å²) in [5.74, 6) is -0.570. The van der Waals surface area contributed by atoms with Gasteiger partial charge in [0.2, 0.25) is 0 Å². The number of hydrogen-bond donors (Lipinski definition) is 0. The van der Waals surface area contributed by atoms with E-state index in [1.807, 2.05) is 13.2 Å². The van der Waals surface area contributed by atoms with Gasteiger partial charge in [-0.15, -0.1) is 11.8 Å². The summed E-state index contributed by atoms with van der Waals surface area (Å²) in [6.45, 7) is 3.67. The Morgan fingerprint density at radius 2 is 1.70 bits per heavy atom. The van der Waals surface area contributed by atoms with Crippen LogP contribution in [0.2, 0.25) is 0 Å². The Balaban J connectivity index is 2.08. The Morgan fingerprint density at radius 3 is 2.37 bits per heavy atom. The highest BCUT2D eigenvalue weighted by molar-refractivity contribution is 7.98. The van der Waals surface area contributed by atoms with Crippen LogP contribution in [0.25, 0.3) is 0 Å². The van der Waals surface area contributed by atoms with Crippen LogP contribution in [-0.4, -0.2) is 29.1 Å². The van der Waals surface area contributed by atoms with Crippen molar-refractivity contribution in [1.29, 1.82) is 0 Å². The molecule has 0 amide bonds. The molecule has 1 aromatic heterocycles. The lowest BCUT2D eigenvalue weighted by molar-refractivity contribution is 0.0953. The van der Waals surface area contributed by atoms with Gasteiger partial charge in [0.25, 0.3) is 15.9 Å². The lowest BCUT2D eigenvalue weighted by Gasteiger charge is -2.08. The summed E-state index contributed by atoms with van der Waals surface area (Å²) in [6.07, 6.45) is 4.11. The number of carbonyl (C=O) groups is 1. The van der Waals surface area contributed by atoms with Gasteiger partial charge in [-0.05, 0) is 55.5 Å². The Morgan fingerprint density at radius 1 is 1.00 bits per heavy atom. The highest BCUT2D eigenvalue weighted by atomic mass is 32.2. The zero-order valence-electron chi connectivity index (χ0n) is 15.0. The zero-order chi connectivity index (χ0) is 19.8. The fourth-order valence-electron chi connectivity index (χ4n) is 2.64. The van der Waals surface area contributed by atoms with E-state index in [9.17, 15) is 18.0 Å². The molecule has 0 atom stereocenters. The van der Waals surface area contributed by atoms with Crippen molar-refractivity contribution in [3.8, 4) is 0 Å². The fraction of sp³-hybridized carbons (Fsp3) is 0.158. The number of rotatable bonds is 4. The molecule has 0 saturated carbocycles. The molecule has 0 N–H and O–H groups in total. The minimum atomic E-state index is -4.09. The molecule has 0 radical (unpaired) electrons. The molecule has 0 spiro atoms. The van der Waals surface area contributed by atoms with Gasteiger partial charge < -0.3 is 0 Å². The van der Waals surface area contributed by atoms with Crippen LogP contribution in [0, 0.1) is 13.8 Å². The first-order valence-electron chi connectivity index (χ1n) is 8.08. The summed E-state index contributed by atoms with van der Waals surface area (Å²) < 4.78 is 27.1. The molecule has 140 valence electrons. The number of imidazole rings is 1. The molecule has 0 aliphatic rings. The first-order chi connectivity index (χ1) is 12.8. The van der Waals surface area contributed by atoms with Gasteiger partial charge in [-0.25, -0.2) is 17.8 Å². The predicted octanol–water partition coefficient (Wildman–Crippen LogP) is 2.91. The normalized spacial score (nSPS) is 11.5. The Kier molecular flexibility index (Phi) is 5.12. The molecular weight excluding hydrogens is 384 g/mol. The molecule has 0 aliphatic carbocycles. The third kappa shape index (κ3) is 3.38. The summed E-state index contributed by atoms with van der Waals surface area (Å²) in [7, 11) is -4.09. The zero-order valence-corrected chi connectivity index (χ0v) is 16.7. The average Bonchev–Trinajstić information content (AvgIpc) is 3.05. The van der Waals surface area contributed by atoms with Crippen LogP contribution in [0.15, 0.2) is 69.4 Å². The number of aryl methyl sites for hydroxylation is 2. The summed E-state index contributed by atoms with van der Waals surface area (Å²) >= 11 is 1.38. The van der Waals surface area contributed by atoms with Crippen LogP contribution in [0.5, 0.6) is 0 Å². The molecule has 0 bridgehead atoms. The molecule has 6 nitrogen and oxygen atoms in total. The molecule has 2 aromatic carbocycles. The predicted molar refractivity (Wildman–Crippen MR) is 105 cm³/mol. The molecule has 1 heterocycles. The summed E-state index contributed by atoms with van der Waals surface area (Å²) in [4.78, 5) is 26.1. The Hall–Kier alpha value is -2.58. The number of aromatic nitrogens is 2. The van der Waals surface area contributed by atoms with Crippen molar-refractivity contribution in [3.63, 3.8) is 0 Å². The first-order valence-corrected chi connectivity index (χ1v) is 10.7.